The molecule has 0 aromatic heterocycles. The number of fused-ring (bicyclic) bond motifs is 1. The largest absolute Gasteiger partial charge is 0.497 e. The second-order valence-electron chi connectivity index (χ2n) is 6.18. The minimum atomic E-state index is -3.80. The zero-order valence-corrected chi connectivity index (χ0v) is 15.6. The summed E-state index contributed by atoms with van der Waals surface area (Å²) < 4.78 is 39.6. The summed E-state index contributed by atoms with van der Waals surface area (Å²) in [6.07, 6.45) is 0. The van der Waals surface area contributed by atoms with Crippen LogP contribution in [0.1, 0.15) is 11.6 Å². The fourth-order valence-electron chi connectivity index (χ4n) is 3.23. The van der Waals surface area contributed by atoms with Crippen LogP contribution in [0.5, 0.6) is 11.5 Å². The Morgan fingerprint density at radius 3 is 2.30 bits per heavy atom. The van der Waals surface area contributed by atoms with Gasteiger partial charge in [0.2, 0.25) is 0 Å². The van der Waals surface area contributed by atoms with Crippen molar-refractivity contribution < 1.29 is 17.9 Å². The molecule has 1 aliphatic rings. The molecule has 0 spiro atoms. The molecular formula is C21H19NO4S. The molecule has 3 aromatic rings. The summed E-state index contributed by atoms with van der Waals surface area (Å²) in [4.78, 5) is 0.209. The lowest BCUT2D eigenvalue weighted by Gasteiger charge is -2.37. The monoisotopic (exact) mass is 381 g/mol. The lowest BCUT2D eigenvalue weighted by molar-refractivity contribution is 0.275. The SMILES string of the molecule is COc1ccc(S(=O)(=O)N2c3ccccc3OC[C@@H]2c2ccccc2)cc1. The Morgan fingerprint density at radius 2 is 1.59 bits per heavy atom. The maximum Gasteiger partial charge on any atom is 0.265 e. The second-order valence-corrected chi connectivity index (χ2v) is 8.00. The Hall–Kier alpha value is -2.99. The van der Waals surface area contributed by atoms with Crippen LogP contribution in [0.2, 0.25) is 0 Å². The van der Waals surface area contributed by atoms with Gasteiger partial charge in [0.25, 0.3) is 10.0 Å². The van der Waals surface area contributed by atoms with Crippen LogP contribution < -0.4 is 13.8 Å². The van der Waals surface area contributed by atoms with Crippen LogP contribution in [-0.4, -0.2) is 22.1 Å². The molecule has 0 bridgehead atoms. The highest BCUT2D eigenvalue weighted by atomic mass is 32.2. The molecule has 0 amide bonds. The molecule has 3 aromatic carbocycles. The maximum absolute atomic E-state index is 13.6. The van der Waals surface area contributed by atoms with E-state index in [1.807, 2.05) is 42.5 Å². The van der Waals surface area contributed by atoms with Crippen LogP contribution in [0.15, 0.2) is 83.8 Å². The van der Waals surface area contributed by atoms with Crippen LogP contribution >= 0.6 is 0 Å². The topological polar surface area (TPSA) is 55.8 Å². The molecule has 1 aliphatic heterocycles. The van der Waals surface area contributed by atoms with Gasteiger partial charge in [-0.25, -0.2) is 8.42 Å². The van der Waals surface area contributed by atoms with E-state index in [1.165, 1.54) is 4.31 Å². The summed E-state index contributed by atoms with van der Waals surface area (Å²) in [7, 11) is -2.25. The number of hydrogen-bond donors (Lipinski definition) is 0. The number of nitrogens with zero attached hydrogens (tertiary/aromatic N) is 1. The molecule has 0 aliphatic carbocycles. The molecule has 0 radical (unpaired) electrons. The van der Waals surface area contributed by atoms with E-state index in [-0.39, 0.29) is 11.5 Å². The predicted molar refractivity (Wildman–Crippen MR) is 104 cm³/mol. The number of methoxy groups -OCH3 is 1. The average molecular weight is 381 g/mol. The Bertz CT molecular complexity index is 1030. The van der Waals surface area contributed by atoms with Crippen LogP contribution in [0, 0.1) is 0 Å². The van der Waals surface area contributed by atoms with Crippen molar-refractivity contribution in [3.63, 3.8) is 0 Å². The Balaban J connectivity index is 1.86. The third-order valence-corrected chi connectivity index (χ3v) is 6.42. The number of anilines is 1. The van der Waals surface area contributed by atoms with E-state index in [0.29, 0.717) is 17.2 Å². The molecule has 0 saturated carbocycles. The van der Waals surface area contributed by atoms with E-state index >= 15 is 0 Å². The highest BCUT2D eigenvalue weighted by Crippen LogP contribution is 2.42. The normalized spacial score (nSPS) is 16.3. The number of ether oxygens (including phenoxy) is 2. The summed E-state index contributed by atoms with van der Waals surface area (Å²) in [5, 5.41) is 0. The van der Waals surface area contributed by atoms with Crippen molar-refractivity contribution in [2.24, 2.45) is 0 Å². The van der Waals surface area contributed by atoms with Gasteiger partial charge in [-0.1, -0.05) is 42.5 Å². The fourth-order valence-corrected chi connectivity index (χ4v) is 4.87. The zero-order chi connectivity index (χ0) is 18.9. The molecular weight excluding hydrogens is 362 g/mol. The molecule has 27 heavy (non-hydrogen) atoms. The number of hydrogen-bond acceptors (Lipinski definition) is 4. The van der Waals surface area contributed by atoms with Crippen LogP contribution in [-0.2, 0) is 10.0 Å². The number of rotatable bonds is 4. The number of sulfonamides is 1. The summed E-state index contributed by atoms with van der Waals surface area (Å²) in [6, 6.07) is 22.7. The lowest BCUT2D eigenvalue weighted by Crippen LogP contribution is -2.41. The molecule has 0 unspecified atom stereocenters. The first-order valence-electron chi connectivity index (χ1n) is 8.56. The average Bonchev–Trinajstić information content (AvgIpc) is 2.73. The Labute approximate surface area is 158 Å². The van der Waals surface area contributed by atoms with Gasteiger partial charge in [-0.15, -0.1) is 0 Å². The first-order chi connectivity index (χ1) is 13.1. The third kappa shape index (κ3) is 3.13. The van der Waals surface area contributed by atoms with Crippen molar-refractivity contribution in [1.82, 2.24) is 0 Å². The minimum absolute atomic E-state index is 0.209. The first kappa shape index (κ1) is 17.4. The molecule has 138 valence electrons. The van der Waals surface area contributed by atoms with E-state index in [4.69, 9.17) is 9.47 Å². The number of benzene rings is 3. The molecule has 1 heterocycles. The fraction of sp³-hybridized carbons (Fsp3) is 0.143. The zero-order valence-electron chi connectivity index (χ0n) is 14.8. The van der Waals surface area contributed by atoms with Gasteiger partial charge in [-0.05, 0) is 42.0 Å². The van der Waals surface area contributed by atoms with Gasteiger partial charge in [-0.2, -0.15) is 0 Å². The second kappa shape index (κ2) is 6.96. The molecule has 6 heteroatoms. The van der Waals surface area contributed by atoms with Crippen LogP contribution in [0.3, 0.4) is 0 Å². The number of para-hydroxylation sites is 2. The highest BCUT2D eigenvalue weighted by Gasteiger charge is 2.38. The predicted octanol–water partition coefficient (Wildman–Crippen LogP) is 4.02. The Morgan fingerprint density at radius 1 is 0.926 bits per heavy atom. The summed E-state index contributed by atoms with van der Waals surface area (Å²) in [6.45, 7) is 0.246. The van der Waals surface area contributed by atoms with Crippen molar-refractivity contribution in [2.45, 2.75) is 10.9 Å². The van der Waals surface area contributed by atoms with Crippen molar-refractivity contribution >= 4 is 15.7 Å². The van der Waals surface area contributed by atoms with Gasteiger partial charge in [0.15, 0.2) is 0 Å². The van der Waals surface area contributed by atoms with Crippen molar-refractivity contribution in [1.29, 1.82) is 0 Å². The quantitative estimate of drug-likeness (QED) is 0.685. The van der Waals surface area contributed by atoms with Gasteiger partial charge >= 0.3 is 0 Å². The maximum atomic E-state index is 13.6. The van der Waals surface area contributed by atoms with Crippen molar-refractivity contribution in [3.8, 4) is 11.5 Å². The van der Waals surface area contributed by atoms with Gasteiger partial charge in [-0.3, -0.25) is 4.31 Å². The summed E-state index contributed by atoms with van der Waals surface area (Å²) in [5.74, 6) is 1.16. The van der Waals surface area contributed by atoms with E-state index < -0.39 is 16.1 Å². The molecule has 5 nitrogen and oxygen atoms in total. The smallest absolute Gasteiger partial charge is 0.265 e. The van der Waals surface area contributed by atoms with E-state index in [2.05, 4.69) is 0 Å². The van der Waals surface area contributed by atoms with Crippen LogP contribution in [0.4, 0.5) is 5.69 Å². The van der Waals surface area contributed by atoms with Gasteiger partial charge in [0.05, 0.1) is 17.7 Å². The molecule has 0 saturated heterocycles. The molecule has 0 fully saturated rings. The Kier molecular flexibility index (Phi) is 4.49. The summed E-state index contributed by atoms with van der Waals surface area (Å²) in [5.41, 5.74) is 1.41. The van der Waals surface area contributed by atoms with Crippen LogP contribution in [0.25, 0.3) is 0 Å². The van der Waals surface area contributed by atoms with Gasteiger partial charge < -0.3 is 9.47 Å². The van der Waals surface area contributed by atoms with Gasteiger partial charge in [0.1, 0.15) is 24.1 Å². The van der Waals surface area contributed by atoms with Crippen molar-refractivity contribution in [3.05, 3.63) is 84.4 Å². The van der Waals surface area contributed by atoms with E-state index in [0.717, 1.165) is 5.56 Å². The van der Waals surface area contributed by atoms with E-state index in [1.54, 1.807) is 43.5 Å². The molecule has 4 rings (SSSR count). The third-order valence-electron chi connectivity index (χ3n) is 4.58. The van der Waals surface area contributed by atoms with E-state index in [9.17, 15) is 8.42 Å². The standard InChI is InChI=1S/C21H19NO4S/c1-25-17-11-13-18(14-12-17)27(23,24)22-19-9-5-6-10-21(19)26-15-20(22)16-7-3-2-4-8-16/h2-14,20H,15H2,1H3/t20-/m1/s1. The minimum Gasteiger partial charge on any atom is -0.497 e. The summed E-state index contributed by atoms with van der Waals surface area (Å²) >= 11 is 0. The lowest BCUT2D eigenvalue weighted by atomic mass is 10.1. The highest BCUT2D eigenvalue weighted by molar-refractivity contribution is 7.92. The first-order valence-corrected chi connectivity index (χ1v) is 10.0. The molecule has 0 N–H and O–H groups in total. The molecule has 1 atom stereocenters. The van der Waals surface area contributed by atoms with Crippen molar-refractivity contribution in [2.75, 3.05) is 18.0 Å². The van der Waals surface area contributed by atoms with Gasteiger partial charge in [0, 0.05) is 0 Å².